The molecule has 0 bridgehead atoms. The van der Waals surface area contributed by atoms with E-state index in [2.05, 4.69) is 46.1 Å². The Hall–Kier alpha value is -3.00. The molecule has 1 aromatic heterocycles. The molecule has 0 aliphatic heterocycles. The molecule has 0 unspecified atom stereocenters. The highest BCUT2D eigenvalue weighted by Gasteiger charge is 2.15. The Morgan fingerprint density at radius 3 is 2.45 bits per heavy atom. The second kappa shape index (κ2) is 12.3. The van der Waals surface area contributed by atoms with Crippen LogP contribution in [-0.2, 0) is 24.3 Å². The summed E-state index contributed by atoms with van der Waals surface area (Å²) in [6, 6.07) is 15.7. The van der Waals surface area contributed by atoms with E-state index in [4.69, 9.17) is 0 Å². The monoisotopic (exact) mass is 468 g/mol. The molecule has 3 aromatic rings. The second-order valence-corrected chi connectivity index (χ2v) is 9.26. The maximum Gasteiger partial charge on any atom is 0.220 e. The van der Waals surface area contributed by atoms with Crippen LogP contribution in [-0.4, -0.2) is 32.2 Å². The number of aromatic nitrogens is 3. The molecule has 0 aliphatic carbocycles. The van der Waals surface area contributed by atoms with Crippen LogP contribution in [0.3, 0.4) is 0 Å². The Labute approximate surface area is 198 Å². The molecule has 6 nitrogen and oxygen atoms in total. The van der Waals surface area contributed by atoms with E-state index >= 15 is 0 Å². The van der Waals surface area contributed by atoms with Gasteiger partial charge in [-0.25, -0.2) is 4.39 Å². The van der Waals surface area contributed by atoms with Gasteiger partial charge in [-0.3, -0.25) is 9.59 Å². The van der Waals surface area contributed by atoms with Crippen LogP contribution in [0.5, 0.6) is 0 Å². The van der Waals surface area contributed by atoms with Gasteiger partial charge in [0.1, 0.15) is 5.82 Å². The number of nitrogens with one attached hydrogen (secondary N) is 1. The van der Waals surface area contributed by atoms with Crippen LogP contribution < -0.4 is 5.32 Å². The predicted octanol–water partition coefficient (Wildman–Crippen LogP) is 4.69. The van der Waals surface area contributed by atoms with Crippen molar-refractivity contribution in [3.05, 3.63) is 77.4 Å². The van der Waals surface area contributed by atoms with E-state index in [1.807, 2.05) is 18.2 Å². The number of halogens is 1. The number of benzene rings is 2. The van der Waals surface area contributed by atoms with Gasteiger partial charge in [-0.2, -0.15) is 0 Å². The number of hydrogen-bond acceptors (Lipinski definition) is 5. The maximum absolute atomic E-state index is 13.0. The molecule has 0 spiro atoms. The van der Waals surface area contributed by atoms with Crippen LogP contribution in [0.1, 0.15) is 48.4 Å². The van der Waals surface area contributed by atoms with Gasteiger partial charge in [-0.1, -0.05) is 55.9 Å². The predicted molar refractivity (Wildman–Crippen MR) is 128 cm³/mol. The number of carbonyl (C=O) groups is 2. The summed E-state index contributed by atoms with van der Waals surface area (Å²) in [4.78, 5) is 24.5. The van der Waals surface area contributed by atoms with Crippen LogP contribution in [0.25, 0.3) is 0 Å². The lowest BCUT2D eigenvalue weighted by molar-refractivity contribution is -0.121. The van der Waals surface area contributed by atoms with E-state index in [1.165, 1.54) is 29.8 Å². The fraction of sp³-hybridized carbons (Fsp3) is 0.360. The number of thioether (sulfide) groups is 1. The third kappa shape index (κ3) is 7.82. The summed E-state index contributed by atoms with van der Waals surface area (Å²) in [6.07, 6.45) is 1.07. The minimum Gasteiger partial charge on any atom is -0.349 e. The number of amides is 1. The van der Waals surface area contributed by atoms with Crippen molar-refractivity contribution in [2.75, 3.05) is 5.75 Å². The summed E-state index contributed by atoms with van der Waals surface area (Å²) in [5, 5.41) is 12.3. The maximum atomic E-state index is 13.0. The molecular weight excluding hydrogens is 439 g/mol. The van der Waals surface area contributed by atoms with E-state index in [0.717, 1.165) is 23.9 Å². The van der Waals surface area contributed by atoms with E-state index in [0.29, 0.717) is 17.3 Å². The molecule has 1 heterocycles. The quantitative estimate of drug-likeness (QED) is 0.308. The Balaban J connectivity index is 1.51. The first-order chi connectivity index (χ1) is 15.9. The molecule has 0 saturated carbocycles. The highest BCUT2D eigenvalue weighted by molar-refractivity contribution is 7.99. The van der Waals surface area contributed by atoms with Gasteiger partial charge in [-0.05, 0) is 42.2 Å². The Morgan fingerprint density at radius 2 is 1.76 bits per heavy atom. The standard InChI is InChI=1S/C25H29FN4O2S/c1-18(2)17-30-23(28-29-25(30)33-15-14-19-6-4-3-5-7-19)16-27-24(32)13-12-22(31)20-8-10-21(26)11-9-20/h3-11,18H,12-17H2,1-2H3,(H,27,32). The molecule has 8 heteroatoms. The van der Waals surface area contributed by atoms with Crippen molar-refractivity contribution >= 4 is 23.5 Å². The molecule has 0 fully saturated rings. The molecule has 174 valence electrons. The first-order valence-electron chi connectivity index (χ1n) is 11.1. The van der Waals surface area contributed by atoms with Gasteiger partial charge in [0.15, 0.2) is 16.8 Å². The van der Waals surface area contributed by atoms with Crippen molar-refractivity contribution in [1.29, 1.82) is 0 Å². The fourth-order valence-electron chi connectivity index (χ4n) is 3.28. The third-order valence-corrected chi connectivity index (χ3v) is 5.96. The van der Waals surface area contributed by atoms with E-state index in [1.54, 1.807) is 11.8 Å². The summed E-state index contributed by atoms with van der Waals surface area (Å²) in [5.74, 6) is 1.17. The summed E-state index contributed by atoms with van der Waals surface area (Å²) in [6.45, 7) is 5.27. The van der Waals surface area contributed by atoms with E-state index in [9.17, 15) is 14.0 Å². The molecule has 3 rings (SSSR count). The minimum absolute atomic E-state index is 0.0627. The minimum atomic E-state index is -0.396. The first-order valence-corrected chi connectivity index (χ1v) is 12.0. The van der Waals surface area contributed by atoms with Gasteiger partial charge in [-0.15, -0.1) is 10.2 Å². The lowest BCUT2D eigenvalue weighted by Gasteiger charge is -2.13. The van der Waals surface area contributed by atoms with Gasteiger partial charge in [0.2, 0.25) is 5.91 Å². The molecule has 0 radical (unpaired) electrons. The van der Waals surface area contributed by atoms with Crippen molar-refractivity contribution < 1.29 is 14.0 Å². The molecular formula is C25H29FN4O2S. The van der Waals surface area contributed by atoms with Crippen molar-refractivity contribution in [2.24, 2.45) is 5.92 Å². The number of aryl methyl sites for hydroxylation is 1. The van der Waals surface area contributed by atoms with Crippen LogP contribution in [0.15, 0.2) is 59.8 Å². The summed E-state index contributed by atoms with van der Waals surface area (Å²) in [5.41, 5.74) is 1.68. The Bertz CT molecular complexity index is 1050. The number of carbonyl (C=O) groups excluding carboxylic acids is 2. The number of rotatable bonds is 12. The Kier molecular flexibility index (Phi) is 9.18. The van der Waals surface area contributed by atoms with Gasteiger partial charge in [0, 0.05) is 30.7 Å². The number of hydrogen-bond donors (Lipinski definition) is 1. The fourth-order valence-corrected chi connectivity index (χ4v) is 4.24. The van der Waals surface area contributed by atoms with E-state index < -0.39 is 5.82 Å². The highest BCUT2D eigenvalue weighted by Crippen LogP contribution is 2.20. The Morgan fingerprint density at radius 1 is 1.03 bits per heavy atom. The molecule has 33 heavy (non-hydrogen) atoms. The molecule has 0 atom stereocenters. The zero-order valence-corrected chi connectivity index (χ0v) is 19.8. The van der Waals surface area contributed by atoms with Gasteiger partial charge < -0.3 is 9.88 Å². The molecule has 0 saturated heterocycles. The lowest BCUT2D eigenvalue weighted by atomic mass is 10.1. The van der Waals surface area contributed by atoms with Gasteiger partial charge in [0.05, 0.1) is 6.54 Å². The highest BCUT2D eigenvalue weighted by atomic mass is 32.2. The first kappa shape index (κ1) is 24.6. The average Bonchev–Trinajstić information content (AvgIpc) is 3.18. The SMILES string of the molecule is CC(C)Cn1c(CNC(=O)CCC(=O)c2ccc(F)cc2)nnc1SCCc1ccccc1. The number of Topliss-reactive ketones (excluding diaryl/α,β-unsaturated/α-hetero) is 1. The summed E-state index contributed by atoms with van der Waals surface area (Å²) >= 11 is 1.66. The summed E-state index contributed by atoms with van der Waals surface area (Å²) < 4.78 is 15.1. The molecule has 1 N–H and O–H groups in total. The third-order valence-electron chi connectivity index (χ3n) is 4.99. The zero-order valence-electron chi connectivity index (χ0n) is 19.0. The topological polar surface area (TPSA) is 76.9 Å². The largest absolute Gasteiger partial charge is 0.349 e. The van der Waals surface area contributed by atoms with Crippen molar-refractivity contribution in [3.63, 3.8) is 0 Å². The van der Waals surface area contributed by atoms with Crippen molar-refractivity contribution in [3.8, 4) is 0 Å². The molecule has 1 amide bonds. The van der Waals surface area contributed by atoms with Crippen LogP contribution in [0, 0.1) is 11.7 Å². The van der Waals surface area contributed by atoms with Crippen LogP contribution in [0.2, 0.25) is 0 Å². The molecule has 0 aliphatic rings. The molecule has 2 aromatic carbocycles. The van der Waals surface area contributed by atoms with Crippen molar-refractivity contribution in [2.45, 2.75) is 51.4 Å². The summed E-state index contributed by atoms with van der Waals surface area (Å²) in [7, 11) is 0. The van der Waals surface area contributed by atoms with Crippen LogP contribution >= 0.6 is 11.8 Å². The normalized spacial score (nSPS) is 11.0. The van der Waals surface area contributed by atoms with Crippen molar-refractivity contribution in [1.82, 2.24) is 20.1 Å². The zero-order chi connectivity index (χ0) is 23.6. The lowest BCUT2D eigenvalue weighted by Crippen LogP contribution is -2.25. The number of nitrogens with zero attached hydrogens (tertiary/aromatic N) is 3. The van der Waals surface area contributed by atoms with Gasteiger partial charge >= 0.3 is 0 Å². The van der Waals surface area contributed by atoms with E-state index in [-0.39, 0.29) is 31.1 Å². The smallest absolute Gasteiger partial charge is 0.220 e. The average molecular weight is 469 g/mol. The second-order valence-electron chi connectivity index (χ2n) is 8.19. The van der Waals surface area contributed by atoms with Crippen LogP contribution in [0.4, 0.5) is 4.39 Å². The van der Waals surface area contributed by atoms with Gasteiger partial charge in [0.25, 0.3) is 0 Å². The number of ketones is 1.